The highest BCUT2D eigenvalue weighted by Gasteiger charge is 2.22. The van der Waals surface area contributed by atoms with E-state index in [2.05, 4.69) is 23.1 Å². The van der Waals surface area contributed by atoms with Crippen LogP contribution in [-0.4, -0.2) is 35.7 Å². The minimum absolute atomic E-state index is 0.0850. The van der Waals surface area contributed by atoms with Crippen LogP contribution in [0.25, 0.3) is 0 Å². The molecule has 1 atom stereocenters. The van der Waals surface area contributed by atoms with Gasteiger partial charge in [-0.1, -0.05) is 30.4 Å². The molecule has 0 spiro atoms. The molecule has 3 nitrogen and oxygen atoms in total. The van der Waals surface area contributed by atoms with E-state index >= 15 is 0 Å². The summed E-state index contributed by atoms with van der Waals surface area (Å²) in [6.45, 7) is 3.45. The van der Waals surface area contributed by atoms with Crippen molar-refractivity contribution >= 4 is 17.2 Å². The van der Waals surface area contributed by atoms with E-state index < -0.39 is 0 Å². The van der Waals surface area contributed by atoms with Gasteiger partial charge in [-0.15, -0.1) is 0 Å². The Morgan fingerprint density at radius 1 is 1.37 bits per heavy atom. The lowest BCUT2D eigenvalue weighted by molar-refractivity contribution is 0.00390. The number of ether oxygens (including phenoxy) is 1. The monoisotopic (exact) mass is 276 g/mol. The molecule has 2 N–H and O–H groups in total. The van der Waals surface area contributed by atoms with Crippen LogP contribution in [0.5, 0.6) is 0 Å². The number of morpholine rings is 1. The molecule has 4 heteroatoms. The SMILES string of the molecule is NC(=S)C1CN(Cc2ccc3c(c2)CCC3)CCO1. The van der Waals surface area contributed by atoms with Crippen molar-refractivity contribution in [3.05, 3.63) is 34.9 Å². The number of fused-ring (bicyclic) bond motifs is 1. The van der Waals surface area contributed by atoms with Crippen LogP contribution in [0.15, 0.2) is 18.2 Å². The molecule has 2 aliphatic rings. The molecule has 1 fully saturated rings. The molecule has 1 aromatic carbocycles. The summed E-state index contributed by atoms with van der Waals surface area (Å²) in [6, 6.07) is 6.92. The Hall–Kier alpha value is -0.970. The number of benzene rings is 1. The molecule has 0 aromatic heterocycles. The van der Waals surface area contributed by atoms with E-state index in [4.69, 9.17) is 22.7 Å². The van der Waals surface area contributed by atoms with Crippen LogP contribution in [0.4, 0.5) is 0 Å². The van der Waals surface area contributed by atoms with Crippen LogP contribution in [0.2, 0.25) is 0 Å². The Morgan fingerprint density at radius 2 is 2.21 bits per heavy atom. The topological polar surface area (TPSA) is 38.5 Å². The highest BCUT2D eigenvalue weighted by atomic mass is 32.1. The summed E-state index contributed by atoms with van der Waals surface area (Å²) in [5.74, 6) is 0. The zero-order valence-electron chi connectivity index (χ0n) is 11.1. The van der Waals surface area contributed by atoms with Crippen molar-refractivity contribution in [2.45, 2.75) is 31.9 Å². The van der Waals surface area contributed by atoms with Gasteiger partial charge in [-0.25, -0.2) is 0 Å². The quantitative estimate of drug-likeness (QED) is 0.852. The van der Waals surface area contributed by atoms with Gasteiger partial charge in [-0.2, -0.15) is 0 Å². The molecule has 0 amide bonds. The Bertz CT molecular complexity index is 489. The maximum absolute atomic E-state index is 5.68. The average Bonchev–Trinajstić information content (AvgIpc) is 2.86. The third kappa shape index (κ3) is 2.96. The van der Waals surface area contributed by atoms with Crippen molar-refractivity contribution < 1.29 is 4.74 Å². The van der Waals surface area contributed by atoms with Gasteiger partial charge >= 0.3 is 0 Å². The first-order valence-corrected chi connectivity index (χ1v) is 7.37. The summed E-state index contributed by atoms with van der Waals surface area (Å²) in [5, 5.41) is 0. The molecule has 1 aliphatic carbocycles. The molecule has 1 aromatic rings. The maximum atomic E-state index is 5.68. The molecule has 19 heavy (non-hydrogen) atoms. The zero-order chi connectivity index (χ0) is 13.2. The van der Waals surface area contributed by atoms with Gasteiger partial charge in [0.2, 0.25) is 0 Å². The smallest absolute Gasteiger partial charge is 0.120 e. The van der Waals surface area contributed by atoms with Gasteiger partial charge in [0, 0.05) is 19.6 Å². The second-order valence-electron chi connectivity index (χ2n) is 5.45. The Labute approximate surface area is 119 Å². The van der Waals surface area contributed by atoms with Crippen LogP contribution in [0, 0.1) is 0 Å². The maximum Gasteiger partial charge on any atom is 0.120 e. The number of nitrogens with zero attached hydrogens (tertiary/aromatic N) is 1. The minimum Gasteiger partial charge on any atom is -0.391 e. The molecule has 1 saturated heterocycles. The van der Waals surface area contributed by atoms with Crippen molar-refractivity contribution in [3.8, 4) is 0 Å². The molecule has 1 aliphatic heterocycles. The third-order valence-corrected chi connectivity index (χ3v) is 4.30. The summed E-state index contributed by atoms with van der Waals surface area (Å²) < 4.78 is 5.57. The van der Waals surface area contributed by atoms with Crippen LogP contribution in [-0.2, 0) is 24.1 Å². The first kappa shape index (κ1) is 13.0. The second kappa shape index (κ2) is 5.57. The van der Waals surface area contributed by atoms with Gasteiger partial charge in [0.1, 0.15) is 11.1 Å². The molecule has 3 rings (SSSR count). The van der Waals surface area contributed by atoms with Gasteiger partial charge < -0.3 is 10.5 Å². The van der Waals surface area contributed by atoms with Gasteiger partial charge in [-0.05, 0) is 36.0 Å². The third-order valence-electron chi connectivity index (χ3n) is 4.04. The standard InChI is InChI=1S/C15H20N2OS/c16-15(19)14-10-17(6-7-18-14)9-11-4-5-12-2-1-3-13(12)8-11/h4-5,8,14H,1-3,6-7,9-10H2,(H2,16,19). The van der Waals surface area contributed by atoms with Crippen LogP contribution in [0.1, 0.15) is 23.1 Å². The van der Waals surface area contributed by atoms with Gasteiger partial charge in [0.05, 0.1) is 6.61 Å². The second-order valence-corrected chi connectivity index (χ2v) is 5.92. The van der Waals surface area contributed by atoms with Crippen molar-refractivity contribution in [2.75, 3.05) is 19.7 Å². The minimum atomic E-state index is -0.0850. The number of thiocarbonyl (C=S) groups is 1. The lowest BCUT2D eigenvalue weighted by Crippen LogP contribution is -2.47. The number of hydrogen-bond donors (Lipinski definition) is 1. The first-order valence-electron chi connectivity index (χ1n) is 6.96. The highest BCUT2D eigenvalue weighted by Crippen LogP contribution is 2.23. The summed E-state index contributed by atoms with van der Waals surface area (Å²) >= 11 is 5.02. The van der Waals surface area contributed by atoms with Crippen LogP contribution >= 0.6 is 12.2 Å². The van der Waals surface area contributed by atoms with E-state index in [0.717, 1.165) is 19.6 Å². The van der Waals surface area contributed by atoms with E-state index in [9.17, 15) is 0 Å². The molecule has 0 radical (unpaired) electrons. The van der Waals surface area contributed by atoms with E-state index in [1.165, 1.54) is 36.0 Å². The van der Waals surface area contributed by atoms with Crippen LogP contribution < -0.4 is 5.73 Å². The Kier molecular flexibility index (Phi) is 3.82. The normalized spacial score (nSPS) is 23.3. The summed E-state index contributed by atoms with van der Waals surface area (Å²) in [4.78, 5) is 2.85. The summed E-state index contributed by atoms with van der Waals surface area (Å²) in [7, 11) is 0. The number of nitrogens with two attached hydrogens (primary N) is 1. The fourth-order valence-electron chi connectivity index (χ4n) is 3.00. The lowest BCUT2D eigenvalue weighted by Gasteiger charge is -2.32. The average molecular weight is 276 g/mol. The van der Waals surface area contributed by atoms with E-state index in [1.54, 1.807) is 0 Å². The first-order chi connectivity index (χ1) is 9.22. The molecule has 1 unspecified atom stereocenters. The zero-order valence-corrected chi connectivity index (χ0v) is 11.9. The fraction of sp³-hybridized carbons (Fsp3) is 0.533. The predicted octanol–water partition coefficient (Wildman–Crippen LogP) is 1.66. The highest BCUT2D eigenvalue weighted by molar-refractivity contribution is 7.80. The molecular formula is C15H20N2OS. The van der Waals surface area contributed by atoms with E-state index in [-0.39, 0.29) is 6.10 Å². The molecule has 1 heterocycles. The number of rotatable bonds is 3. The van der Waals surface area contributed by atoms with Gasteiger partial charge in [-0.3, -0.25) is 4.90 Å². The number of hydrogen-bond acceptors (Lipinski definition) is 3. The van der Waals surface area contributed by atoms with Crippen LogP contribution in [0.3, 0.4) is 0 Å². The largest absolute Gasteiger partial charge is 0.391 e. The summed E-state index contributed by atoms with van der Waals surface area (Å²) in [5.41, 5.74) is 10.1. The lowest BCUT2D eigenvalue weighted by atomic mass is 10.1. The Balaban J connectivity index is 1.66. The number of aryl methyl sites for hydroxylation is 2. The van der Waals surface area contributed by atoms with E-state index in [1.807, 2.05) is 0 Å². The van der Waals surface area contributed by atoms with Gasteiger partial charge in [0.25, 0.3) is 0 Å². The fourth-order valence-corrected chi connectivity index (χ4v) is 3.14. The molecule has 0 bridgehead atoms. The van der Waals surface area contributed by atoms with Crippen molar-refractivity contribution in [1.29, 1.82) is 0 Å². The molecule has 102 valence electrons. The van der Waals surface area contributed by atoms with Crippen molar-refractivity contribution in [1.82, 2.24) is 4.90 Å². The van der Waals surface area contributed by atoms with Gasteiger partial charge in [0.15, 0.2) is 0 Å². The Morgan fingerprint density at radius 3 is 3.05 bits per heavy atom. The van der Waals surface area contributed by atoms with Crippen molar-refractivity contribution in [2.24, 2.45) is 5.73 Å². The predicted molar refractivity (Wildman–Crippen MR) is 80.3 cm³/mol. The van der Waals surface area contributed by atoms with Crippen molar-refractivity contribution in [3.63, 3.8) is 0 Å². The summed E-state index contributed by atoms with van der Waals surface area (Å²) in [6.07, 6.45) is 3.70. The molecular weight excluding hydrogens is 256 g/mol. The molecule has 0 saturated carbocycles. The van der Waals surface area contributed by atoms with E-state index in [0.29, 0.717) is 11.6 Å².